The summed E-state index contributed by atoms with van der Waals surface area (Å²) in [5.74, 6) is 0.862. The summed E-state index contributed by atoms with van der Waals surface area (Å²) >= 11 is 0. The van der Waals surface area contributed by atoms with Gasteiger partial charge >= 0.3 is 6.18 Å². The first-order valence-corrected chi connectivity index (χ1v) is 7.43. The zero-order valence-corrected chi connectivity index (χ0v) is 13.0. The van der Waals surface area contributed by atoms with Crippen LogP contribution in [0.1, 0.15) is 16.7 Å². The summed E-state index contributed by atoms with van der Waals surface area (Å²) in [5, 5.41) is 2.66. The molecular weight excluding hydrogens is 335 g/mol. The minimum Gasteiger partial charge on any atom is -0.454 e. The first-order chi connectivity index (χ1) is 11.9. The fourth-order valence-electron chi connectivity index (χ4n) is 2.29. The lowest BCUT2D eigenvalue weighted by Crippen LogP contribution is -2.20. The molecule has 3 rings (SSSR count). The molecule has 0 fully saturated rings. The summed E-state index contributed by atoms with van der Waals surface area (Å²) in [6, 6.07) is 10.1. The number of carbonyl (C=O) groups excluding carboxylic acids is 1. The average molecular weight is 349 g/mol. The monoisotopic (exact) mass is 349 g/mol. The van der Waals surface area contributed by atoms with Crippen LogP contribution in [0.25, 0.3) is 6.08 Å². The van der Waals surface area contributed by atoms with Gasteiger partial charge in [0.15, 0.2) is 11.5 Å². The SMILES string of the molecule is O=C(C=Cc1cccc(C(F)(F)F)c1)NCc1ccc2c(c1)OCO2. The fourth-order valence-corrected chi connectivity index (χ4v) is 2.29. The van der Waals surface area contributed by atoms with Gasteiger partial charge < -0.3 is 14.8 Å². The summed E-state index contributed by atoms with van der Waals surface area (Å²) in [6.45, 7) is 0.438. The predicted octanol–water partition coefficient (Wildman–Crippen LogP) is 3.76. The van der Waals surface area contributed by atoms with Gasteiger partial charge in [-0.3, -0.25) is 4.79 Å². The first kappa shape index (κ1) is 16.9. The Balaban J connectivity index is 1.58. The van der Waals surface area contributed by atoms with E-state index in [2.05, 4.69) is 5.32 Å². The molecule has 25 heavy (non-hydrogen) atoms. The number of nitrogens with one attached hydrogen (secondary N) is 1. The van der Waals surface area contributed by atoms with Gasteiger partial charge in [-0.25, -0.2) is 0 Å². The van der Waals surface area contributed by atoms with Crippen LogP contribution in [-0.2, 0) is 17.5 Å². The van der Waals surface area contributed by atoms with E-state index < -0.39 is 17.6 Å². The van der Waals surface area contributed by atoms with Crippen molar-refractivity contribution in [1.29, 1.82) is 0 Å². The van der Waals surface area contributed by atoms with Gasteiger partial charge in [0.1, 0.15) is 0 Å². The molecule has 1 heterocycles. The van der Waals surface area contributed by atoms with Crippen LogP contribution in [0.15, 0.2) is 48.5 Å². The molecule has 1 N–H and O–H groups in total. The molecule has 0 aliphatic carbocycles. The molecular formula is C18H14F3NO3. The lowest BCUT2D eigenvalue weighted by atomic mass is 10.1. The Labute approximate surface area is 141 Å². The zero-order chi connectivity index (χ0) is 17.9. The molecule has 2 aromatic carbocycles. The quantitative estimate of drug-likeness (QED) is 0.855. The maximum atomic E-state index is 12.6. The molecule has 0 unspecified atom stereocenters. The van der Waals surface area contributed by atoms with E-state index in [1.54, 1.807) is 18.2 Å². The van der Waals surface area contributed by atoms with Crippen molar-refractivity contribution in [2.75, 3.05) is 6.79 Å². The third-order valence-corrected chi connectivity index (χ3v) is 3.54. The smallest absolute Gasteiger partial charge is 0.416 e. The van der Waals surface area contributed by atoms with Crippen LogP contribution in [0.2, 0.25) is 0 Å². The minimum atomic E-state index is -4.41. The van der Waals surface area contributed by atoms with Crippen LogP contribution in [0.5, 0.6) is 11.5 Å². The molecule has 0 spiro atoms. The van der Waals surface area contributed by atoms with Gasteiger partial charge in [-0.05, 0) is 41.5 Å². The normalized spacial score (nSPS) is 13.2. The number of benzene rings is 2. The largest absolute Gasteiger partial charge is 0.454 e. The van der Waals surface area contributed by atoms with Gasteiger partial charge in [-0.2, -0.15) is 13.2 Å². The van der Waals surface area contributed by atoms with Crippen LogP contribution >= 0.6 is 0 Å². The van der Waals surface area contributed by atoms with Crippen molar-refractivity contribution in [2.24, 2.45) is 0 Å². The summed E-state index contributed by atoms with van der Waals surface area (Å²) in [7, 11) is 0. The van der Waals surface area contributed by atoms with Gasteiger partial charge in [0, 0.05) is 12.6 Å². The van der Waals surface area contributed by atoms with E-state index >= 15 is 0 Å². The molecule has 1 aliphatic heterocycles. The summed E-state index contributed by atoms with van der Waals surface area (Å²) in [6.07, 6.45) is -1.88. The minimum absolute atomic E-state index is 0.172. The molecule has 4 nitrogen and oxygen atoms in total. The Morgan fingerprint density at radius 3 is 2.72 bits per heavy atom. The predicted molar refractivity (Wildman–Crippen MR) is 84.9 cm³/mol. The van der Waals surface area contributed by atoms with E-state index in [1.807, 2.05) is 0 Å². The molecule has 0 bridgehead atoms. The van der Waals surface area contributed by atoms with Crippen molar-refractivity contribution < 1.29 is 27.4 Å². The van der Waals surface area contributed by atoms with Crippen LogP contribution in [0, 0.1) is 0 Å². The Hall–Kier alpha value is -2.96. The highest BCUT2D eigenvalue weighted by Crippen LogP contribution is 2.32. The number of carbonyl (C=O) groups is 1. The van der Waals surface area contributed by atoms with Gasteiger partial charge in [0.25, 0.3) is 0 Å². The highest BCUT2D eigenvalue weighted by molar-refractivity contribution is 5.91. The number of hydrogen-bond acceptors (Lipinski definition) is 3. The third kappa shape index (κ3) is 4.32. The lowest BCUT2D eigenvalue weighted by Gasteiger charge is -2.06. The van der Waals surface area contributed by atoms with E-state index in [-0.39, 0.29) is 13.3 Å². The van der Waals surface area contributed by atoms with E-state index in [9.17, 15) is 18.0 Å². The van der Waals surface area contributed by atoms with Crippen LogP contribution in [-0.4, -0.2) is 12.7 Å². The molecule has 7 heteroatoms. The van der Waals surface area contributed by atoms with Crippen molar-refractivity contribution in [1.82, 2.24) is 5.32 Å². The number of amides is 1. The average Bonchev–Trinajstić information content (AvgIpc) is 3.05. The lowest BCUT2D eigenvalue weighted by molar-refractivity contribution is -0.137. The van der Waals surface area contributed by atoms with E-state index in [1.165, 1.54) is 24.3 Å². The summed E-state index contributed by atoms with van der Waals surface area (Å²) < 4.78 is 48.4. The standard InChI is InChI=1S/C18H14F3NO3/c19-18(20,21)14-3-1-2-12(8-14)5-7-17(23)22-10-13-4-6-15-16(9-13)25-11-24-15/h1-9H,10-11H2,(H,22,23). The van der Waals surface area contributed by atoms with Gasteiger partial charge in [-0.15, -0.1) is 0 Å². The molecule has 0 atom stereocenters. The number of ether oxygens (including phenoxy) is 2. The number of hydrogen-bond donors (Lipinski definition) is 1. The first-order valence-electron chi connectivity index (χ1n) is 7.43. The van der Waals surface area contributed by atoms with Gasteiger partial charge in [0.2, 0.25) is 12.7 Å². The van der Waals surface area contributed by atoms with Gasteiger partial charge in [-0.1, -0.05) is 18.2 Å². The maximum absolute atomic E-state index is 12.6. The summed E-state index contributed by atoms with van der Waals surface area (Å²) in [5.41, 5.74) is 0.369. The van der Waals surface area contributed by atoms with Crippen molar-refractivity contribution in [3.63, 3.8) is 0 Å². The topological polar surface area (TPSA) is 47.6 Å². The number of halogens is 3. The second-order valence-corrected chi connectivity index (χ2v) is 5.36. The molecule has 0 radical (unpaired) electrons. The number of rotatable bonds is 4. The molecule has 1 amide bonds. The van der Waals surface area contributed by atoms with E-state index in [0.29, 0.717) is 17.1 Å². The Kier molecular flexibility index (Phi) is 4.65. The molecule has 0 aromatic heterocycles. The molecule has 2 aromatic rings. The van der Waals surface area contributed by atoms with Crippen LogP contribution in [0.3, 0.4) is 0 Å². The molecule has 0 saturated carbocycles. The highest BCUT2D eigenvalue weighted by atomic mass is 19.4. The van der Waals surface area contributed by atoms with Crippen molar-refractivity contribution in [3.05, 3.63) is 65.2 Å². The molecule has 0 saturated heterocycles. The fraction of sp³-hybridized carbons (Fsp3) is 0.167. The Morgan fingerprint density at radius 2 is 1.92 bits per heavy atom. The van der Waals surface area contributed by atoms with Crippen molar-refractivity contribution in [3.8, 4) is 11.5 Å². The summed E-state index contributed by atoms with van der Waals surface area (Å²) in [4.78, 5) is 11.8. The van der Waals surface area contributed by atoms with Gasteiger partial charge in [0.05, 0.1) is 5.56 Å². The van der Waals surface area contributed by atoms with Crippen LogP contribution in [0.4, 0.5) is 13.2 Å². The third-order valence-electron chi connectivity index (χ3n) is 3.54. The van der Waals surface area contributed by atoms with E-state index in [0.717, 1.165) is 17.7 Å². The molecule has 130 valence electrons. The highest BCUT2D eigenvalue weighted by Gasteiger charge is 2.30. The second-order valence-electron chi connectivity index (χ2n) is 5.36. The van der Waals surface area contributed by atoms with Crippen molar-refractivity contribution >= 4 is 12.0 Å². The molecule has 1 aliphatic rings. The maximum Gasteiger partial charge on any atom is 0.416 e. The number of alkyl halides is 3. The zero-order valence-electron chi connectivity index (χ0n) is 13.0. The van der Waals surface area contributed by atoms with Crippen molar-refractivity contribution in [2.45, 2.75) is 12.7 Å². The van der Waals surface area contributed by atoms with Crippen LogP contribution < -0.4 is 14.8 Å². The second kappa shape index (κ2) is 6.88. The number of fused-ring (bicyclic) bond motifs is 1. The van der Waals surface area contributed by atoms with E-state index in [4.69, 9.17) is 9.47 Å². The Bertz CT molecular complexity index is 815. The Morgan fingerprint density at radius 1 is 1.12 bits per heavy atom.